The summed E-state index contributed by atoms with van der Waals surface area (Å²) in [5, 5.41) is 10.5. The summed E-state index contributed by atoms with van der Waals surface area (Å²) in [4.78, 5) is 22.4. The third-order valence-electron chi connectivity index (χ3n) is 3.22. The molecule has 1 aromatic heterocycles. The lowest BCUT2D eigenvalue weighted by Gasteiger charge is -2.07. The third kappa shape index (κ3) is 2.78. The van der Waals surface area contributed by atoms with Crippen molar-refractivity contribution in [3.05, 3.63) is 33.2 Å². The van der Waals surface area contributed by atoms with Crippen molar-refractivity contribution in [1.82, 2.24) is 4.57 Å². The van der Waals surface area contributed by atoms with Gasteiger partial charge in [0, 0.05) is 23.9 Å². The Hall–Kier alpha value is -2.28. The number of aliphatic carboxylic acids is 1. The smallest absolute Gasteiger partial charge is 0.307 e. The third-order valence-corrected chi connectivity index (χ3v) is 3.99. The summed E-state index contributed by atoms with van der Waals surface area (Å²) in [6.45, 7) is 0.590. The van der Waals surface area contributed by atoms with Crippen LogP contribution in [0, 0.1) is 0 Å². The number of benzene rings is 1. The SMILES string of the molecule is O=C(O)CCCn1c(-c2ccc3c(c2)OCO3)csc1=O. The molecular formula is C14H13NO5S. The standard InChI is InChI=1S/C14H13NO5S/c16-13(17)2-1-5-15-10(7-21-14(15)18)9-3-4-11-12(6-9)20-8-19-11/h3-4,6-7H,1-2,5,8H2,(H,16,17). The predicted molar refractivity (Wildman–Crippen MR) is 77.0 cm³/mol. The molecule has 0 saturated heterocycles. The van der Waals surface area contributed by atoms with Gasteiger partial charge in [0.05, 0.1) is 5.69 Å². The molecule has 0 atom stereocenters. The van der Waals surface area contributed by atoms with Crippen LogP contribution in [0.2, 0.25) is 0 Å². The largest absolute Gasteiger partial charge is 0.481 e. The highest BCUT2D eigenvalue weighted by Crippen LogP contribution is 2.36. The number of rotatable bonds is 5. The number of carboxylic acid groups (broad SMARTS) is 1. The van der Waals surface area contributed by atoms with Crippen molar-refractivity contribution in [1.29, 1.82) is 0 Å². The number of carbonyl (C=O) groups is 1. The summed E-state index contributed by atoms with van der Waals surface area (Å²) in [6, 6.07) is 5.50. The van der Waals surface area contributed by atoms with Gasteiger partial charge < -0.3 is 14.6 Å². The fourth-order valence-corrected chi connectivity index (χ4v) is 3.00. The second kappa shape index (κ2) is 5.61. The fourth-order valence-electron chi connectivity index (χ4n) is 2.21. The van der Waals surface area contributed by atoms with E-state index >= 15 is 0 Å². The van der Waals surface area contributed by atoms with Gasteiger partial charge in [-0.1, -0.05) is 11.3 Å². The van der Waals surface area contributed by atoms with Crippen LogP contribution in [0.15, 0.2) is 28.4 Å². The fraction of sp³-hybridized carbons (Fsp3) is 0.286. The lowest BCUT2D eigenvalue weighted by molar-refractivity contribution is -0.137. The molecule has 6 nitrogen and oxygen atoms in total. The van der Waals surface area contributed by atoms with E-state index in [4.69, 9.17) is 14.6 Å². The molecule has 0 spiro atoms. The molecule has 1 N–H and O–H groups in total. The van der Waals surface area contributed by atoms with Crippen molar-refractivity contribution in [2.24, 2.45) is 0 Å². The van der Waals surface area contributed by atoms with Gasteiger partial charge in [0.1, 0.15) is 0 Å². The summed E-state index contributed by atoms with van der Waals surface area (Å²) in [5.74, 6) is 0.486. The topological polar surface area (TPSA) is 77.8 Å². The number of fused-ring (bicyclic) bond motifs is 1. The summed E-state index contributed by atoms with van der Waals surface area (Å²) >= 11 is 1.11. The first kappa shape index (κ1) is 13.7. The number of ether oxygens (including phenoxy) is 2. The van der Waals surface area contributed by atoms with Gasteiger partial charge in [-0.05, 0) is 24.6 Å². The van der Waals surface area contributed by atoms with Crippen LogP contribution in [-0.4, -0.2) is 22.4 Å². The van der Waals surface area contributed by atoms with Gasteiger partial charge in [0.15, 0.2) is 11.5 Å². The second-order valence-corrected chi connectivity index (χ2v) is 5.42. The van der Waals surface area contributed by atoms with Gasteiger partial charge in [-0.25, -0.2) is 0 Å². The van der Waals surface area contributed by atoms with Crippen LogP contribution >= 0.6 is 11.3 Å². The molecule has 2 heterocycles. The second-order valence-electron chi connectivity index (χ2n) is 4.60. The van der Waals surface area contributed by atoms with E-state index in [2.05, 4.69) is 0 Å². The zero-order valence-electron chi connectivity index (χ0n) is 11.1. The van der Waals surface area contributed by atoms with E-state index in [1.807, 2.05) is 12.1 Å². The number of nitrogens with zero attached hydrogens (tertiary/aromatic N) is 1. The van der Waals surface area contributed by atoms with E-state index in [0.717, 1.165) is 22.6 Å². The maximum atomic E-state index is 11.9. The molecule has 0 radical (unpaired) electrons. The minimum atomic E-state index is -0.858. The zero-order chi connectivity index (χ0) is 14.8. The molecule has 1 aromatic carbocycles. The van der Waals surface area contributed by atoms with Crippen LogP contribution in [-0.2, 0) is 11.3 Å². The number of hydrogen-bond donors (Lipinski definition) is 1. The predicted octanol–water partition coefficient (Wildman–Crippen LogP) is 2.17. The van der Waals surface area contributed by atoms with E-state index in [1.54, 1.807) is 16.0 Å². The maximum Gasteiger partial charge on any atom is 0.307 e. The quantitative estimate of drug-likeness (QED) is 0.916. The van der Waals surface area contributed by atoms with Gasteiger partial charge in [0.2, 0.25) is 6.79 Å². The van der Waals surface area contributed by atoms with Gasteiger partial charge in [0.25, 0.3) is 0 Å². The van der Waals surface area contributed by atoms with Gasteiger partial charge >= 0.3 is 10.8 Å². The van der Waals surface area contributed by atoms with Crippen LogP contribution in [0.3, 0.4) is 0 Å². The summed E-state index contributed by atoms with van der Waals surface area (Å²) in [7, 11) is 0. The van der Waals surface area contributed by atoms with E-state index in [0.29, 0.717) is 24.5 Å². The van der Waals surface area contributed by atoms with Gasteiger partial charge in [-0.15, -0.1) is 0 Å². The Kier molecular flexibility index (Phi) is 3.66. The van der Waals surface area contributed by atoms with Crippen LogP contribution in [0.25, 0.3) is 11.3 Å². The first-order valence-corrected chi connectivity index (χ1v) is 7.33. The molecule has 21 heavy (non-hydrogen) atoms. The van der Waals surface area contributed by atoms with Crippen molar-refractivity contribution < 1.29 is 19.4 Å². The van der Waals surface area contributed by atoms with Crippen molar-refractivity contribution in [2.45, 2.75) is 19.4 Å². The first-order valence-electron chi connectivity index (χ1n) is 6.45. The van der Waals surface area contributed by atoms with E-state index in [-0.39, 0.29) is 18.1 Å². The van der Waals surface area contributed by atoms with Crippen molar-refractivity contribution in [3.63, 3.8) is 0 Å². The molecule has 0 fully saturated rings. The minimum absolute atomic E-state index is 0.0445. The van der Waals surface area contributed by atoms with E-state index < -0.39 is 5.97 Å². The Balaban J connectivity index is 1.88. The Morgan fingerprint density at radius 2 is 2.14 bits per heavy atom. The molecule has 1 aliphatic rings. The number of thiazole rings is 1. The van der Waals surface area contributed by atoms with Crippen LogP contribution in [0.5, 0.6) is 11.5 Å². The monoisotopic (exact) mass is 307 g/mol. The average molecular weight is 307 g/mol. The lowest BCUT2D eigenvalue weighted by atomic mass is 10.1. The van der Waals surface area contributed by atoms with E-state index in [1.165, 1.54) is 0 Å². The van der Waals surface area contributed by atoms with Gasteiger partial charge in [-0.2, -0.15) is 0 Å². The van der Waals surface area contributed by atoms with Crippen molar-refractivity contribution >= 4 is 17.3 Å². The first-order chi connectivity index (χ1) is 10.1. The Bertz CT molecular complexity index is 733. The van der Waals surface area contributed by atoms with Crippen LogP contribution in [0.1, 0.15) is 12.8 Å². The molecule has 2 aromatic rings. The highest BCUT2D eigenvalue weighted by molar-refractivity contribution is 7.07. The lowest BCUT2D eigenvalue weighted by Crippen LogP contribution is -2.15. The zero-order valence-corrected chi connectivity index (χ0v) is 11.9. The number of hydrogen-bond acceptors (Lipinski definition) is 5. The molecule has 3 rings (SSSR count). The molecule has 0 unspecified atom stereocenters. The summed E-state index contributed by atoms with van der Waals surface area (Å²) in [6.07, 6.45) is 0.465. The number of carboxylic acids is 1. The Morgan fingerprint density at radius 1 is 1.33 bits per heavy atom. The average Bonchev–Trinajstić information content (AvgIpc) is 3.05. The van der Waals surface area contributed by atoms with Crippen molar-refractivity contribution in [3.8, 4) is 22.8 Å². The van der Waals surface area contributed by atoms with Gasteiger partial charge in [-0.3, -0.25) is 14.2 Å². The normalized spacial score (nSPS) is 12.6. The van der Waals surface area contributed by atoms with Crippen LogP contribution < -0.4 is 14.3 Å². The molecule has 110 valence electrons. The molecule has 0 amide bonds. The molecular weight excluding hydrogens is 294 g/mol. The maximum absolute atomic E-state index is 11.9. The molecule has 7 heteroatoms. The molecule has 0 aliphatic carbocycles. The van der Waals surface area contributed by atoms with Crippen molar-refractivity contribution in [2.75, 3.05) is 6.79 Å². The molecule has 1 aliphatic heterocycles. The molecule has 0 saturated carbocycles. The van der Waals surface area contributed by atoms with Crippen LogP contribution in [0.4, 0.5) is 0 Å². The van der Waals surface area contributed by atoms with E-state index in [9.17, 15) is 9.59 Å². The summed E-state index contributed by atoms with van der Waals surface area (Å²) < 4.78 is 12.2. The highest BCUT2D eigenvalue weighted by atomic mass is 32.1. The molecule has 0 bridgehead atoms. The Labute approximate surface area is 124 Å². The Morgan fingerprint density at radius 3 is 2.95 bits per heavy atom. The highest BCUT2D eigenvalue weighted by Gasteiger charge is 2.16. The summed E-state index contributed by atoms with van der Waals surface area (Å²) in [5.41, 5.74) is 1.63. The number of aromatic nitrogens is 1. The minimum Gasteiger partial charge on any atom is -0.481 e.